The molecule has 2 saturated carbocycles. The van der Waals surface area contributed by atoms with Crippen LogP contribution in [0.4, 0.5) is 0 Å². The summed E-state index contributed by atoms with van der Waals surface area (Å²) in [5.74, 6) is -5.53. The highest BCUT2D eigenvalue weighted by atomic mass is 16.6. The molecule has 0 aromatic carbocycles. The molecular weight excluding hydrogens is 548 g/mol. The molecule has 3 fully saturated rings. The number of esters is 4. The largest absolute Gasteiger partial charge is 0.472 e. The number of hydrogen-bond acceptors (Lipinski definition) is 11. The first-order valence-corrected chi connectivity index (χ1v) is 14.2. The van der Waals surface area contributed by atoms with E-state index < -0.39 is 87.6 Å². The molecule has 1 aromatic heterocycles. The minimum atomic E-state index is -2.28. The van der Waals surface area contributed by atoms with Gasteiger partial charge in [-0.2, -0.15) is 0 Å². The van der Waals surface area contributed by atoms with E-state index in [2.05, 4.69) is 0 Å². The molecule has 5 rings (SSSR count). The molecule has 42 heavy (non-hydrogen) atoms. The Bertz CT molecular complexity index is 1360. The third-order valence-electron chi connectivity index (χ3n) is 10.4. The van der Waals surface area contributed by atoms with Crippen LogP contribution in [-0.2, 0) is 42.9 Å². The van der Waals surface area contributed by atoms with Crippen molar-refractivity contribution in [2.45, 2.75) is 84.7 Å². The van der Waals surface area contributed by atoms with Gasteiger partial charge < -0.3 is 28.5 Å². The topological polar surface area (TPSA) is 156 Å². The van der Waals surface area contributed by atoms with Crippen LogP contribution < -0.4 is 0 Å². The first-order chi connectivity index (χ1) is 19.5. The Balaban J connectivity index is 1.75. The van der Waals surface area contributed by atoms with E-state index in [0.29, 0.717) is 24.0 Å². The SMILES string of the molecule is COC(=O)C(OC(C)=O)C1C(C)(C)C(OC(C)=O)C2(O)C=C3C4CC(=O)OC(c5ccoc5)C4(C)CCC3C1(C)C2=O. The molecular formula is C31H38O11. The fraction of sp³-hybridized carbons (Fsp3) is 0.645. The number of allylic oxidation sites excluding steroid dienone is 1. The average Bonchev–Trinajstić information content (AvgIpc) is 3.43. The highest BCUT2D eigenvalue weighted by Crippen LogP contribution is 2.69. The molecule has 2 bridgehead atoms. The average molecular weight is 587 g/mol. The fourth-order valence-electron chi connectivity index (χ4n) is 8.91. The molecule has 3 aliphatic carbocycles. The van der Waals surface area contributed by atoms with Crippen LogP contribution in [0.2, 0.25) is 0 Å². The summed E-state index contributed by atoms with van der Waals surface area (Å²) in [6, 6.07) is 1.75. The standard InChI is InChI=1S/C31H38O11/c1-15(32)40-22(25(35)38-7)23-28(3,4)27(41-16(2)33)31(37)13-18-19(30(23,6)26(31)36)8-10-29(5)20(18)12-21(34)42-24(29)17-9-11-39-14-17/h9,11,13-14,19-20,22-24,27,37H,8,10,12H2,1-7H3. The Morgan fingerprint density at radius 1 is 1.07 bits per heavy atom. The molecule has 11 heteroatoms. The highest BCUT2D eigenvalue weighted by molar-refractivity contribution is 5.99. The number of methoxy groups -OCH3 is 1. The van der Waals surface area contributed by atoms with Crippen LogP contribution in [0.5, 0.6) is 0 Å². The molecule has 228 valence electrons. The van der Waals surface area contributed by atoms with Crippen molar-refractivity contribution in [3.63, 3.8) is 0 Å². The Morgan fingerprint density at radius 2 is 1.76 bits per heavy atom. The van der Waals surface area contributed by atoms with Crippen LogP contribution in [0.1, 0.15) is 72.5 Å². The number of furan rings is 1. The number of hydrogen-bond donors (Lipinski definition) is 1. The van der Waals surface area contributed by atoms with Gasteiger partial charge in [-0.25, -0.2) is 4.79 Å². The molecule has 1 aromatic rings. The zero-order chi connectivity index (χ0) is 31.0. The van der Waals surface area contributed by atoms with Crippen LogP contribution in [0.3, 0.4) is 0 Å². The normalized spacial score (nSPS) is 39.0. The third-order valence-corrected chi connectivity index (χ3v) is 10.4. The minimum Gasteiger partial charge on any atom is -0.472 e. The van der Waals surface area contributed by atoms with Gasteiger partial charge in [-0.3, -0.25) is 19.2 Å². The lowest BCUT2D eigenvalue weighted by Gasteiger charge is -2.66. The number of ether oxygens (including phenoxy) is 4. The van der Waals surface area contributed by atoms with E-state index in [4.69, 9.17) is 23.4 Å². The molecule has 1 saturated heterocycles. The number of fused-ring (bicyclic) bond motifs is 6. The van der Waals surface area contributed by atoms with E-state index in [-0.39, 0.29) is 6.42 Å². The first kappa shape index (κ1) is 30.0. The van der Waals surface area contributed by atoms with Crippen LogP contribution in [0, 0.1) is 34.0 Å². The molecule has 2 heterocycles. The molecule has 0 radical (unpaired) electrons. The van der Waals surface area contributed by atoms with Gasteiger partial charge in [0.15, 0.2) is 11.4 Å². The molecule has 9 unspecified atom stereocenters. The number of aliphatic hydroxyl groups is 1. The van der Waals surface area contributed by atoms with Crippen LogP contribution in [0.15, 0.2) is 34.7 Å². The predicted octanol–water partition coefficient (Wildman–Crippen LogP) is 3.24. The quantitative estimate of drug-likeness (QED) is 0.307. The van der Waals surface area contributed by atoms with E-state index >= 15 is 0 Å². The Hall–Kier alpha value is -3.47. The van der Waals surface area contributed by atoms with Gasteiger partial charge in [0.25, 0.3) is 0 Å². The van der Waals surface area contributed by atoms with Crippen LogP contribution in [-0.4, -0.2) is 59.7 Å². The number of Topliss-reactive ketones (excluding diaryl/α,β-unsaturated/α-hetero) is 1. The van der Waals surface area contributed by atoms with Crippen molar-refractivity contribution in [3.8, 4) is 0 Å². The highest BCUT2D eigenvalue weighted by Gasteiger charge is 2.75. The lowest BCUT2D eigenvalue weighted by Crippen LogP contribution is -2.76. The monoisotopic (exact) mass is 586 g/mol. The van der Waals surface area contributed by atoms with Gasteiger partial charge in [0.2, 0.25) is 6.10 Å². The summed E-state index contributed by atoms with van der Waals surface area (Å²) in [4.78, 5) is 65.5. The van der Waals surface area contributed by atoms with Gasteiger partial charge in [-0.1, -0.05) is 33.3 Å². The first-order valence-electron chi connectivity index (χ1n) is 14.2. The number of carbonyl (C=O) groups is 5. The summed E-state index contributed by atoms with van der Waals surface area (Å²) in [5.41, 5.74) is -4.31. The van der Waals surface area contributed by atoms with Crippen molar-refractivity contribution in [2.24, 2.45) is 34.0 Å². The summed E-state index contributed by atoms with van der Waals surface area (Å²) < 4.78 is 27.5. The van der Waals surface area contributed by atoms with Gasteiger partial charge >= 0.3 is 23.9 Å². The van der Waals surface area contributed by atoms with E-state index in [1.165, 1.54) is 25.5 Å². The van der Waals surface area contributed by atoms with Gasteiger partial charge in [-0.05, 0) is 36.8 Å². The predicted molar refractivity (Wildman–Crippen MR) is 143 cm³/mol. The molecule has 9 atom stereocenters. The van der Waals surface area contributed by atoms with Gasteiger partial charge in [0.1, 0.15) is 12.2 Å². The molecule has 4 aliphatic rings. The number of rotatable bonds is 5. The van der Waals surface area contributed by atoms with Crippen molar-refractivity contribution in [2.75, 3.05) is 7.11 Å². The van der Waals surface area contributed by atoms with Crippen molar-refractivity contribution >= 4 is 29.7 Å². The number of carbonyl (C=O) groups excluding carboxylic acids is 5. The second-order valence-corrected chi connectivity index (χ2v) is 13.2. The summed E-state index contributed by atoms with van der Waals surface area (Å²) in [6.45, 7) is 9.36. The van der Waals surface area contributed by atoms with E-state index in [1.807, 2.05) is 6.92 Å². The van der Waals surface area contributed by atoms with Crippen molar-refractivity contribution in [1.29, 1.82) is 0 Å². The lowest BCUT2D eigenvalue weighted by atomic mass is 9.39. The van der Waals surface area contributed by atoms with Crippen molar-refractivity contribution in [3.05, 3.63) is 35.8 Å². The van der Waals surface area contributed by atoms with Crippen molar-refractivity contribution in [1.82, 2.24) is 0 Å². The number of cyclic esters (lactones) is 1. The maximum absolute atomic E-state index is 14.6. The van der Waals surface area contributed by atoms with Crippen LogP contribution >= 0.6 is 0 Å². The minimum absolute atomic E-state index is 0.00417. The Labute approximate surface area is 243 Å². The van der Waals surface area contributed by atoms with Gasteiger partial charge in [0, 0.05) is 41.6 Å². The van der Waals surface area contributed by atoms with Crippen molar-refractivity contribution < 1.29 is 52.4 Å². The molecule has 1 aliphatic heterocycles. The smallest absolute Gasteiger partial charge is 0.347 e. The lowest BCUT2D eigenvalue weighted by molar-refractivity contribution is -0.238. The fourth-order valence-corrected chi connectivity index (χ4v) is 8.91. The maximum Gasteiger partial charge on any atom is 0.347 e. The second-order valence-electron chi connectivity index (χ2n) is 13.2. The molecule has 0 amide bonds. The summed E-state index contributed by atoms with van der Waals surface area (Å²) in [7, 11) is 1.15. The maximum atomic E-state index is 14.6. The van der Waals surface area contributed by atoms with Gasteiger partial charge in [-0.15, -0.1) is 0 Å². The Morgan fingerprint density at radius 3 is 2.33 bits per heavy atom. The Kier molecular flexibility index (Phi) is 6.99. The van der Waals surface area contributed by atoms with Gasteiger partial charge in [0.05, 0.1) is 26.1 Å². The zero-order valence-electron chi connectivity index (χ0n) is 24.9. The summed E-state index contributed by atoms with van der Waals surface area (Å²) >= 11 is 0. The van der Waals surface area contributed by atoms with E-state index in [9.17, 15) is 29.1 Å². The zero-order valence-corrected chi connectivity index (χ0v) is 24.9. The molecule has 11 nitrogen and oxygen atoms in total. The van der Waals surface area contributed by atoms with Crippen LogP contribution in [0.25, 0.3) is 0 Å². The third kappa shape index (κ3) is 4.06. The molecule has 0 spiro atoms. The summed E-state index contributed by atoms with van der Waals surface area (Å²) in [5, 5.41) is 12.3. The van der Waals surface area contributed by atoms with E-state index in [0.717, 1.165) is 14.0 Å². The summed E-state index contributed by atoms with van der Waals surface area (Å²) in [6.07, 6.45) is 1.90. The van der Waals surface area contributed by atoms with E-state index in [1.54, 1.807) is 26.8 Å². The second kappa shape index (κ2) is 9.79. The molecule has 1 N–H and O–H groups in total. The number of ketones is 1.